The Bertz CT molecular complexity index is 951. The van der Waals surface area contributed by atoms with Gasteiger partial charge in [-0.05, 0) is 38.1 Å². The van der Waals surface area contributed by atoms with Gasteiger partial charge in [0.05, 0.1) is 22.7 Å². The summed E-state index contributed by atoms with van der Waals surface area (Å²) in [7, 11) is 0. The fraction of sp³-hybridized carbons (Fsp3) is 0.400. The lowest BCUT2D eigenvalue weighted by Gasteiger charge is -2.34. The zero-order valence-electron chi connectivity index (χ0n) is 16.5. The van der Waals surface area contributed by atoms with Crippen molar-refractivity contribution in [2.45, 2.75) is 20.0 Å². The van der Waals surface area contributed by atoms with E-state index in [1.165, 1.54) is 6.07 Å². The van der Waals surface area contributed by atoms with Gasteiger partial charge in [0.15, 0.2) is 0 Å². The van der Waals surface area contributed by atoms with Crippen LogP contribution in [0.15, 0.2) is 28.7 Å². The summed E-state index contributed by atoms with van der Waals surface area (Å²) in [4.78, 5) is 28.4. The number of piperazine rings is 1. The van der Waals surface area contributed by atoms with Crippen LogP contribution in [0.4, 0.5) is 18.9 Å². The number of nitrogens with one attached hydrogen (secondary N) is 1. The number of hydrogen-bond donors (Lipinski definition) is 1. The normalized spacial score (nSPS) is 15.3. The van der Waals surface area contributed by atoms with E-state index in [4.69, 9.17) is 16.0 Å². The summed E-state index contributed by atoms with van der Waals surface area (Å²) in [5, 5.41) is 2.04. The molecule has 0 spiro atoms. The molecule has 162 valence electrons. The number of carbonyl (C=O) groups is 2. The number of carbonyl (C=O) groups excluding carboxylic acids is 2. The van der Waals surface area contributed by atoms with Crippen molar-refractivity contribution >= 4 is 29.1 Å². The zero-order chi connectivity index (χ0) is 22.1. The first-order valence-corrected chi connectivity index (χ1v) is 9.67. The number of amides is 2. The van der Waals surface area contributed by atoms with Gasteiger partial charge >= 0.3 is 6.18 Å². The Morgan fingerprint density at radius 3 is 2.37 bits per heavy atom. The number of nitrogens with zero attached hydrogens (tertiary/aromatic N) is 2. The average Bonchev–Trinajstić information content (AvgIpc) is 3.00. The first kappa shape index (κ1) is 22.2. The van der Waals surface area contributed by atoms with Crippen LogP contribution in [-0.2, 0) is 11.0 Å². The Kier molecular flexibility index (Phi) is 6.42. The molecule has 1 saturated heterocycles. The van der Waals surface area contributed by atoms with Gasteiger partial charge in [-0.1, -0.05) is 11.6 Å². The topological polar surface area (TPSA) is 65.8 Å². The molecule has 1 N–H and O–H groups in total. The maximum absolute atomic E-state index is 12.9. The van der Waals surface area contributed by atoms with Crippen LogP contribution in [0.2, 0.25) is 5.02 Å². The highest BCUT2D eigenvalue weighted by atomic mass is 35.5. The van der Waals surface area contributed by atoms with E-state index < -0.39 is 22.7 Å². The highest BCUT2D eigenvalue weighted by molar-refractivity contribution is 6.31. The summed E-state index contributed by atoms with van der Waals surface area (Å²) in [6.45, 7) is 5.35. The molecule has 6 nitrogen and oxygen atoms in total. The summed E-state index contributed by atoms with van der Waals surface area (Å²) in [5.41, 5.74) is -0.447. The molecule has 0 radical (unpaired) electrons. The smallest absolute Gasteiger partial charge is 0.417 e. The van der Waals surface area contributed by atoms with Gasteiger partial charge in [-0.3, -0.25) is 14.5 Å². The Hall–Kier alpha value is -2.52. The van der Waals surface area contributed by atoms with Gasteiger partial charge in [0.2, 0.25) is 5.91 Å². The first-order valence-electron chi connectivity index (χ1n) is 9.30. The molecule has 3 rings (SSSR count). The largest absolute Gasteiger partial charge is 0.466 e. The van der Waals surface area contributed by atoms with Crippen LogP contribution in [0.5, 0.6) is 0 Å². The first-order chi connectivity index (χ1) is 14.0. The maximum atomic E-state index is 12.9. The maximum Gasteiger partial charge on any atom is 0.417 e. The Morgan fingerprint density at radius 2 is 1.80 bits per heavy atom. The molecule has 2 amide bonds. The third kappa shape index (κ3) is 5.14. The van der Waals surface area contributed by atoms with Crippen molar-refractivity contribution < 1.29 is 27.2 Å². The number of hydrogen-bond acceptors (Lipinski definition) is 4. The highest BCUT2D eigenvalue weighted by Crippen LogP contribution is 2.36. The number of aryl methyl sites for hydroxylation is 2. The molecule has 0 atom stereocenters. The summed E-state index contributed by atoms with van der Waals surface area (Å²) in [6.07, 6.45) is -4.60. The molecule has 10 heteroatoms. The van der Waals surface area contributed by atoms with Crippen molar-refractivity contribution in [3.8, 4) is 0 Å². The quantitative estimate of drug-likeness (QED) is 0.776. The van der Waals surface area contributed by atoms with E-state index in [1.807, 2.05) is 4.90 Å². The van der Waals surface area contributed by atoms with E-state index in [2.05, 4.69) is 5.32 Å². The van der Waals surface area contributed by atoms with Crippen LogP contribution < -0.4 is 5.32 Å². The Labute approximate surface area is 176 Å². The van der Waals surface area contributed by atoms with E-state index in [-0.39, 0.29) is 18.1 Å². The lowest BCUT2D eigenvalue weighted by atomic mass is 10.2. The predicted molar refractivity (Wildman–Crippen MR) is 106 cm³/mol. The summed E-state index contributed by atoms with van der Waals surface area (Å²) in [5.74, 6) is 0.684. The number of anilines is 1. The number of rotatable bonds is 4. The molecule has 0 aliphatic carbocycles. The molecule has 0 saturated carbocycles. The SMILES string of the molecule is Cc1cc(C(=O)N2CCN(CC(=O)Nc3ccc(Cl)c(C(F)(F)F)c3)CC2)c(C)o1. The van der Waals surface area contributed by atoms with Crippen molar-refractivity contribution in [2.24, 2.45) is 0 Å². The number of alkyl halides is 3. The van der Waals surface area contributed by atoms with Crippen LogP contribution in [0.1, 0.15) is 27.4 Å². The molecule has 30 heavy (non-hydrogen) atoms. The van der Waals surface area contributed by atoms with Crippen molar-refractivity contribution in [2.75, 3.05) is 38.0 Å². The molecule has 1 aliphatic heterocycles. The molecule has 1 fully saturated rings. The second kappa shape index (κ2) is 8.69. The van der Waals surface area contributed by atoms with Crippen LogP contribution in [-0.4, -0.2) is 54.3 Å². The van der Waals surface area contributed by atoms with E-state index in [0.29, 0.717) is 43.3 Å². The van der Waals surface area contributed by atoms with Crippen molar-refractivity contribution in [3.63, 3.8) is 0 Å². The minimum absolute atomic E-state index is 0.00978. The van der Waals surface area contributed by atoms with Crippen molar-refractivity contribution in [1.82, 2.24) is 9.80 Å². The lowest BCUT2D eigenvalue weighted by Crippen LogP contribution is -2.50. The third-order valence-corrected chi connectivity index (χ3v) is 5.18. The van der Waals surface area contributed by atoms with E-state index in [9.17, 15) is 22.8 Å². The summed E-state index contributed by atoms with van der Waals surface area (Å²) in [6, 6.07) is 4.94. The van der Waals surface area contributed by atoms with Crippen molar-refractivity contribution in [1.29, 1.82) is 0 Å². The minimum Gasteiger partial charge on any atom is -0.466 e. The molecule has 1 aromatic carbocycles. The Morgan fingerprint density at radius 1 is 1.13 bits per heavy atom. The standard InChI is InChI=1S/C20H21ClF3N3O3/c1-12-9-15(13(2)30-12)19(29)27-7-5-26(6-8-27)11-18(28)25-14-3-4-17(21)16(10-14)20(22,23)24/h3-4,9-10H,5-8,11H2,1-2H3,(H,25,28). The highest BCUT2D eigenvalue weighted by Gasteiger charge is 2.33. The van der Waals surface area contributed by atoms with E-state index >= 15 is 0 Å². The zero-order valence-corrected chi connectivity index (χ0v) is 17.2. The molecule has 1 aliphatic rings. The van der Waals surface area contributed by atoms with Crippen molar-refractivity contribution in [3.05, 3.63) is 51.9 Å². The van der Waals surface area contributed by atoms with E-state index in [0.717, 1.165) is 12.1 Å². The summed E-state index contributed by atoms with van der Waals surface area (Å²) >= 11 is 5.59. The van der Waals surface area contributed by atoms with Gasteiger partial charge in [-0.25, -0.2) is 0 Å². The minimum atomic E-state index is -4.60. The van der Waals surface area contributed by atoms with Gasteiger partial charge < -0.3 is 14.6 Å². The molecule has 0 bridgehead atoms. The molecule has 0 unspecified atom stereocenters. The molecule has 1 aromatic heterocycles. The van der Waals surface area contributed by atoms with Gasteiger partial charge in [-0.15, -0.1) is 0 Å². The number of furan rings is 1. The Balaban J connectivity index is 1.53. The number of benzene rings is 1. The van der Waals surface area contributed by atoms with E-state index in [1.54, 1.807) is 24.8 Å². The fourth-order valence-corrected chi connectivity index (χ4v) is 3.57. The second-order valence-corrected chi connectivity index (χ2v) is 7.54. The van der Waals surface area contributed by atoms with Gasteiger partial charge in [0.25, 0.3) is 5.91 Å². The van der Waals surface area contributed by atoms with Gasteiger partial charge in [-0.2, -0.15) is 13.2 Å². The molecular formula is C20H21ClF3N3O3. The average molecular weight is 444 g/mol. The molecular weight excluding hydrogens is 423 g/mol. The fourth-order valence-electron chi connectivity index (χ4n) is 3.35. The monoisotopic (exact) mass is 443 g/mol. The van der Waals surface area contributed by atoms with Gasteiger partial charge in [0, 0.05) is 31.9 Å². The van der Waals surface area contributed by atoms with Gasteiger partial charge in [0.1, 0.15) is 11.5 Å². The van der Waals surface area contributed by atoms with Crippen LogP contribution >= 0.6 is 11.6 Å². The lowest BCUT2D eigenvalue weighted by molar-refractivity contribution is -0.137. The third-order valence-electron chi connectivity index (χ3n) is 4.85. The molecule has 2 aromatic rings. The summed E-state index contributed by atoms with van der Waals surface area (Å²) < 4.78 is 44.2. The second-order valence-electron chi connectivity index (χ2n) is 7.14. The number of halogens is 4. The van der Waals surface area contributed by atoms with Crippen LogP contribution in [0, 0.1) is 13.8 Å². The predicted octanol–water partition coefficient (Wildman–Crippen LogP) is 3.97. The van der Waals surface area contributed by atoms with Crippen LogP contribution in [0.25, 0.3) is 0 Å². The van der Waals surface area contributed by atoms with Crippen LogP contribution in [0.3, 0.4) is 0 Å². The molecule has 2 heterocycles.